The predicted molar refractivity (Wildman–Crippen MR) is 118 cm³/mol. The van der Waals surface area contributed by atoms with Gasteiger partial charge in [-0.2, -0.15) is 0 Å². The van der Waals surface area contributed by atoms with Gasteiger partial charge in [-0.05, 0) is 63.8 Å². The maximum atomic E-state index is 12.6. The smallest absolute Gasteiger partial charge is 0.125 e. The molecule has 0 spiro atoms. The van der Waals surface area contributed by atoms with Gasteiger partial charge in [0.2, 0.25) is 0 Å². The third kappa shape index (κ3) is 5.14. The summed E-state index contributed by atoms with van der Waals surface area (Å²) < 4.78 is 17.8. The molecular weight excluding hydrogens is 372 g/mol. The molecule has 2 fully saturated rings. The Kier molecular flexibility index (Phi) is 7.28. The molecule has 1 saturated carbocycles. The number of aliphatic imine (C=N–C) groups is 1. The van der Waals surface area contributed by atoms with Crippen molar-refractivity contribution in [3.05, 3.63) is 47.0 Å². The van der Waals surface area contributed by atoms with E-state index in [9.17, 15) is 4.21 Å². The molecule has 4 N–H and O–H groups in total. The topological polar surface area (TPSA) is 93.9 Å². The summed E-state index contributed by atoms with van der Waals surface area (Å²) in [5, 5.41) is 0. The summed E-state index contributed by atoms with van der Waals surface area (Å²) >= 11 is 0. The molecule has 0 radical (unpaired) electrons. The van der Waals surface area contributed by atoms with Crippen LogP contribution < -0.4 is 11.5 Å². The largest absolute Gasteiger partial charge is 0.402 e. The Morgan fingerprint density at radius 1 is 1.29 bits per heavy atom. The van der Waals surface area contributed by atoms with Crippen molar-refractivity contribution in [2.75, 3.05) is 26.0 Å². The highest BCUT2D eigenvalue weighted by Crippen LogP contribution is 2.50. The summed E-state index contributed by atoms with van der Waals surface area (Å²) in [7, 11) is -0.982. The zero-order valence-corrected chi connectivity index (χ0v) is 18.6. The van der Waals surface area contributed by atoms with Gasteiger partial charge in [0.15, 0.2) is 0 Å². The van der Waals surface area contributed by atoms with Gasteiger partial charge in [0.25, 0.3) is 0 Å². The van der Waals surface area contributed by atoms with Gasteiger partial charge in [0.1, 0.15) is 5.84 Å². The second kappa shape index (κ2) is 9.09. The van der Waals surface area contributed by atoms with Crippen LogP contribution in [0.3, 0.4) is 0 Å². The molecule has 0 aromatic rings. The molecule has 0 bridgehead atoms. The maximum Gasteiger partial charge on any atom is 0.125 e. The number of hydrogen-bond donors (Lipinski definition) is 2. The summed E-state index contributed by atoms with van der Waals surface area (Å²) in [5.41, 5.74) is 16.0. The van der Waals surface area contributed by atoms with E-state index in [1.54, 1.807) is 19.3 Å². The number of amidine groups is 1. The number of allylic oxidation sites excluding steroid dienone is 4. The molecule has 1 heterocycles. The minimum absolute atomic E-state index is 0.262. The minimum atomic E-state index is -0.982. The second-order valence-electron chi connectivity index (χ2n) is 7.75. The normalized spacial score (nSPS) is 25.2. The molecule has 156 valence electrons. The van der Waals surface area contributed by atoms with E-state index in [0.717, 1.165) is 41.9 Å². The first-order chi connectivity index (χ1) is 13.1. The van der Waals surface area contributed by atoms with Crippen molar-refractivity contribution in [3.63, 3.8) is 0 Å². The van der Waals surface area contributed by atoms with Crippen molar-refractivity contribution >= 4 is 16.6 Å². The average Bonchev–Trinajstić information content (AvgIpc) is 3.40. The van der Waals surface area contributed by atoms with Crippen LogP contribution in [0.25, 0.3) is 0 Å². The Labute approximate surface area is 171 Å². The van der Waals surface area contributed by atoms with Crippen molar-refractivity contribution in [2.24, 2.45) is 16.5 Å². The summed E-state index contributed by atoms with van der Waals surface area (Å²) in [4.78, 5) is 6.74. The predicted octanol–water partition coefficient (Wildman–Crippen LogP) is 2.57. The van der Waals surface area contributed by atoms with E-state index < -0.39 is 10.8 Å². The monoisotopic (exact) mass is 406 g/mol. The quantitative estimate of drug-likeness (QED) is 0.385. The molecule has 1 aliphatic carbocycles. The first-order valence-electron chi connectivity index (χ1n) is 9.63. The van der Waals surface area contributed by atoms with Crippen molar-refractivity contribution in [2.45, 2.75) is 51.3 Å². The van der Waals surface area contributed by atoms with Crippen molar-refractivity contribution < 1.29 is 8.95 Å². The Balaban J connectivity index is 2.45. The zero-order valence-electron chi connectivity index (χ0n) is 17.7. The van der Waals surface area contributed by atoms with Crippen LogP contribution in [0.5, 0.6) is 0 Å². The van der Waals surface area contributed by atoms with Gasteiger partial charge in [-0.1, -0.05) is 6.58 Å². The van der Waals surface area contributed by atoms with Crippen LogP contribution in [0, 0.1) is 0 Å². The van der Waals surface area contributed by atoms with Gasteiger partial charge in [-0.25, -0.2) is 4.99 Å². The van der Waals surface area contributed by atoms with E-state index in [1.165, 1.54) is 0 Å². The summed E-state index contributed by atoms with van der Waals surface area (Å²) in [6, 6.07) is 0.262. The molecule has 1 aliphatic heterocycles. The van der Waals surface area contributed by atoms with Gasteiger partial charge in [-0.3, -0.25) is 4.21 Å². The van der Waals surface area contributed by atoms with Crippen LogP contribution in [-0.4, -0.2) is 51.7 Å². The fraction of sp³-hybridized carbons (Fsp3) is 0.571. The number of ether oxygens (including phenoxy) is 1. The van der Waals surface area contributed by atoms with Crippen LogP contribution in [0.4, 0.5) is 0 Å². The van der Waals surface area contributed by atoms with Crippen LogP contribution in [0.15, 0.2) is 52.0 Å². The summed E-state index contributed by atoms with van der Waals surface area (Å²) in [6.07, 6.45) is 7.31. The third-order valence-electron chi connectivity index (χ3n) is 5.41. The zero-order chi connectivity index (χ0) is 21.1. The van der Waals surface area contributed by atoms with Gasteiger partial charge >= 0.3 is 0 Å². The molecule has 2 atom stereocenters. The molecule has 1 saturated heterocycles. The van der Waals surface area contributed by atoms with Crippen LogP contribution in [0.2, 0.25) is 0 Å². The van der Waals surface area contributed by atoms with E-state index >= 15 is 0 Å². The Hall–Kier alpha value is -1.86. The lowest BCUT2D eigenvalue weighted by Crippen LogP contribution is -2.42. The molecule has 2 unspecified atom stereocenters. The molecule has 0 amide bonds. The van der Waals surface area contributed by atoms with E-state index in [2.05, 4.69) is 29.5 Å². The Morgan fingerprint density at radius 3 is 2.43 bits per heavy atom. The number of hydrogen-bond acceptors (Lipinski definition) is 5. The Morgan fingerprint density at radius 2 is 1.93 bits per heavy atom. The fourth-order valence-electron chi connectivity index (χ4n) is 3.55. The standard InChI is InChI=1S/C21H34N4O2S/c1-14(22)11-20(23)24-18(5)17(4)19(21(7-8-21)28(6)26)12-15(2)25-9-10-27-13-16(25)3/h11-12,16H,2,7-10,13,22H2,1,3-6H3,(H2,23,24)/b14-11?,18-17+,19-12+. The minimum Gasteiger partial charge on any atom is -0.402 e. The van der Waals surface area contributed by atoms with E-state index in [-0.39, 0.29) is 10.8 Å². The van der Waals surface area contributed by atoms with Gasteiger partial charge in [0.05, 0.1) is 18.0 Å². The average molecular weight is 407 g/mol. The van der Waals surface area contributed by atoms with Crippen LogP contribution >= 0.6 is 0 Å². The molecule has 7 heteroatoms. The van der Waals surface area contributed by atoms with Crippen molar-refractivity contribution in [1.82, 2.24) is 4.90 Å². The Bertz CT molecular complexity index is 771. The second-order valence-corrected chi connectivity index (χ2v) is 9.44. The van der Waals surface area contributed by atoms with E-state index in [4.69, 9.17) is 16.2 Å². The summed E-state index contributed by atoms with van der Waals surface area (Å²) in [5.74, 6) is 0.360. The maximum absolute atomic E-state index is 12.6. The molecule has 0 aromatic heterocycles. The van der Waals surface area contributed by atoms with Crippen molar-refractivity contribution in [3.8, 4) is 0 Å². The fourth-order valence-corrected chi connectivity index (χ4v) is 4.75. The highest BCUT2D eigenvalue weighted by Gasteiger charge is 2.50. The SMILES string of the molecule is C=C(/C=C(\C(C)=C(/C)N=C(N)C=C(C)N)C1(S(C)=O)CC1)N1CCOCC1C. The van der Waals surface area contributed by atoms with Gasteiger partial charge in [-0.15, -0.1) is 0 Å². The number of nitrogens with zero attached hydrogens (tertiary/aromatic N) is 2. The lowest BCUT2D eigenvalue weighted by Gasteiger charge is -2.36. The van der Waals surface area contributed by atoms with Crippen molar-refractivity contribution in [1.29, 1.82) is 0 Å². The number of rotatable bonds is 7. The lowest BCUT2D eigenvalue weighted by molar-refractivity contribution is 0.0190. The molecule has 0 aromatic carbocycles. The van der Waals surface area contributed by atoms with Crippen LogP contribution in [0.1, 0.15) is 40.5 Å². The molecular formula is C21H34N4O2S. The molecule has 2 aliphatic rings. The number of nitrogens with two attached hydrogens (primary N) is 2. The molecule has 28 heavy (non-hydrogen) atoms. The molecule has 6 nitrogen and oxygen atoms in total. The summed E-state index contributed by atoms with van der Waals surface area (Å²) in [6.45, 7) is 14.3. The first kappa shape index (κ1) is 22.4. The molecule has 2 rings (SSSR count). The highest BCUT2D eigenvalue weighted by molar-refractivity contribution is 7.86. The third-order valence-corrected chi connectivity index (χ3v) is 7.14. The van der Waals surface area contributed by atoms with Crippen LogP contribution in [-0.2, 0) is 15.5 Å². The highest BCUT2D eigenvalue weighted by atomic mass is 32.2. The van der Waals surface area contributed by atoms with E-state index in [1.807, 2.05) is 13.8 Å². The first-order valence-corrected chi connectivity index (χ1v) is 11.2. The van der Waals surface area contributed by atoms with Gasteiger partial charge in [0, 0.05) is 46.7 Å². The van der Waals surface area contributed by atoms with Gasteiger partial charge < -0.3 is 21.1 Å². The number of morpholine rings is 1. The lowest BCUT2D eigenvalue weighted by atomic mass is 9.98. The van der Waals surface area contributed by atoms with E-state index in [0.29, 0.717) is 24.7 Å².